The van der Waals surface area contributed by atoms with Crippen LogP contribution < -0.4 is 5.73 Å². The molecule has 0 fully saturated rings. The molecule has 0 unspecified atom stereocenters. The molecule has 0 atom stereocenters. The Morgan fingerprint density at radius 3 is 2.29 bits per heavy atom. The molecule has 0 saturated heterocycles. The van der Waals surface area contributed by atoms with Gasteiger partial charge in [0.15, 0.2) is 5.95 Å². The third-order valence-electron chi connectivity index (χ3n) is 1.99. The molecule has 0 saturated carbocycles. The van der Waals surface area contributed by atoms with Crippen molar-refractivity contribution in [1.29, 1.82) is 0 Å². The van der Waals surface area contributed by atoms with Gasteiger partial charge in [-0.2, -0.15) is 13.2 Å². The van der Waals surface area contributed by atoms with E-state index >= 15 is 0 Å². The molecular formula is C10H8F3N3S. The Hall–Kier alpha value is -1.63. The van der Waals surface area contributed by atoms with E-state index in [0.717, 1.165) is 5.56 Å². The van der Waals surface area contributed by atoms with Gasteiger partial charge in [-0.3, -0.25) is 0 Å². The van der Waals surface area contributed by atoms with Crippen LogP contribution in [0.3, 0.4) is 0 Å². The maximum absolute atomic E-state index is 12.1. The minimum Gasteiger partial charge on any atom is -0.369 e. The van der Waals surface area contributed by atoms with Crippen molar-refractivity contribution in [3.63, 3.8) is 0 Å². The molecule has 17 heavy (non-hydrogen) atoms. The van der Waals surface area contributed by atoms with Crippen molar-refractivity contribution in [3.8, 4) is 11.3 Å². The summed E-state index contributed by atoms with van der Waals surface area (Å²) in [5.41, 5.74) is 2.55. The summed E-state index contributed by atoms with van der Waals surface area (Å²) >= 11 is -0.141. The van der Waals surface area contributed by atoms with E-state index in [1.807, 2.05) is 0 Å². The zero-order valence-electron chi connectivity index (χ0n) is 8.45. The number of aromatic amines is 1. The second-order valence-electron chi connectivity index (χ2n) is 3.25. The standard InChI is InChI=1S/C10H8F3N3S/c11-10(12,13)17-7-3-1-6(2-4-7)8-5-15-9(14)16-8/h1-5H,(H3,14,15,16). The van der Waals surface area contributed by atoms with Gasteiger partial charge >= 0.3 is 5.51 Å². The van der Waals surface area contributed by atoms with Crippen LogP contribution >= 0.6 is 11.8 Å². The SMILES string of the molecule is Nc1ncc(-c2ccc(SC(F)(F)F)cc2)[nH]1. The molecule has 0 radical (unpaired) electrons. The summed E-state index contributed by atoms with van der Waals surface area (Å²) in [6.45, 7) is 0. The Morgan fingerprint density at radius 1 is 1.18 bits per heavy atom. The fraction of sp³-hybridized carbons (Fsp3) is 0.100. The number of rotatable bonds is 2. The quantitative estimate of drug-likeness (QED) is 0.814. The molecule has 1 aromatic carbocycles. The number of imidazole rings is 1. The number of H-pyrrole nitrogens is 1. The highest BCUT2D eigenvalue weighted by Crippen LogP contribution is 2.37. The topological polar surface area (TPSA) is 54.7 Å². The molecule has 1 aromatic heterocycles. The monoisotopic (exact) mass is 259 g/mol. The molecule has 2 rings (SSSR count). The summed E-state index contributed by atoms with van der Waals surface area (Å²) in [6.07, 6.45) is 1.53. The number of aromatic nitrogens is 2. The van der Waals surface area contributed by atoms with Gasteiger partial charge in [0.05, 0.1) is 11.9 Å². The van der Waals surface area contributed by atoms with Crippen molar-refractivity contribution in [2.24, 2.45) is 0 Å². The first-order valence-electron chi connectivity index (χ1n) is 4.61. The van der Waals surface area contributed by atoms with Crippen LogP contribution in [-0.2, 0) is 0 Å². The summed E-state index contributed by atoms with van der Waals surface area (Å²) in [7, 11) is 0. The number of hydrogen-bond donors (Lipinski definition) is 2. The Morgan fingerprint density at radius 2 is 1.82 bits per heavy atom. The van der Waals surface area contributed by atoms with Crippen LogP contribution in [0.25, 0.3) is 11.3 Å². The van der Waals surface area contributed by atoms with Gasteiger partial charge in [-0.1, -0.05) is 12.1 Å². The second-order valence-corrected chi connectivity index (χ2v) is 4.39. The summed E-state index contributed by atoms with van der Waals surface area (Å²) in [5, 5.41) is 0. The van der Waals surface area contributed by atoms with Gasteiger partial charge in [-0.25, -0.2) is 4.98 Å². The Bertz CT molecular complexity index is 504. The fourth-order valence-electron chi connectivity index (χ4n) is 1.32. The minimum absolute atomic E-state index is 0.141. The van der Waals surface area contributed by atoms with E-state index in [9.17, 15) is 13.2 Å². The number of nitrogens with one attached hydrogen (secondary N) is 1. The van der Waals surface area contributed by atoms with E-state index < -0.39 is 5.51 Å². The second kappa shape index (κ2) is 4.33. The molecule has 3 N–H and O–H groups in total. The van der Waals surface area contributed by atoms with Crippen molar-refractivity contribution in [2.75, 3.05) is 5.73 Å². The predicted octanol–water partition coefficient (Wildman–Crippen LogP) is 3.27. The third-order valence-corrected chi connectivity index (χ3v) is 2.73. The number of benzene rings is 1. The lowest BCUT2D eigenvalue weighted by atomic mass is 10.2. The van der Waals surface area contributed by atoms with Crippen LogP contribution in [0.15, 0.2) is 35.4 Å². The summed E-state index contributed by atoms with van der Waals surface area (Å²) in [5.74, 6) is 0.272. The van der Waals surface area contributed by atoms with E-state index in [4.69, 9.17) is 5.73 Å². The number of nitrogens with zero attached hydrogens (tertiary/aromatic N) is 1. The van der Waals surface area contributed by atoms with Gasteiger partial charge in [-0.15, -0.1) is 0 Å². The molecule has 90 valence electrons. The zero-order valence-corrected chi connectivity index (χ0v) is 9.27. The Labute approximate surface area is 99.2 Å². The lowest BCUT2D eigenvalue weighted by Crippen LogP contribution is -1.98. The van der Waals surface area contributed by atoms with Crippen LogP contribution in [0.2, 0.25) is 0 Å². The van der Waals surface area contributed by atoms with Crippen molar-refractivity contribution < 1.29 is 13.2 Å². The molecule has 0 aliphatic heterocycles. The first-order chi connectivity index (χ1) is 7.94. The van der Waals surface area contributed by atoms with E-state index in [1.165, 1.54) is 18.3 Å². The molecule has 1 heterocycles. The van der Waals surface area contributed by atoms with Gasteiger partial charge in [0, 0.05) is 4.90 Å². The molecule has 0 amide bonds. The highest BCUT2D eigenvalue weighted by molar-refractivity contribution is 8.00. The van der Waals surface area contributed by atoms with Gasteiger partial charge in [0.25, 0.3) is 0 Å². The third kappa shape index (κ3) is 3.16. The highest BCUT2D eigenvalue weighted by Gasteiger charge is 2.28. The molecule has 0 bridgehead atoms. The molecule has 3 nitrogen and oxygen atoms in total. The zero-order chi connectivity index (χ0) is 12.5. The number of hydrogen-bond acceptors (Lipinski definition) is 3. The maximum Gasteiger partial charge on any atom is 0.446 e. The summed E-state index contributed by atoms with van der Waals surface area (Å²) in [4.78, 5) is 6.76. The molecule has 0 spiro atoms. The fourth-order valence-corrected chi connectivity index (χ4v) is 1.86. The van der Waals surface area contributed by atoms with E-state index in [2.05, 4.69) is 9.97 Å². The van der Waals surface area contributed by atoms with Gasteiger partial charge in [0.1, 0.15) is 0 Å². The number of halogens is 3. The first kappa shape index (κ1) is 11.8. The number of anilines is 1. The summed E-state index contributed by atoms with van der Waals surface area (Å²) in [6, 6.07) is 5.98. The van der Waals surface area contributed by atoms with Gasteiger partial charge in [0.2, 0.25) is 0 Å². The number of thioether (sulfide) groups is 1. The average Bonchev–Trinajstić information content (AvgIpc) is 2.63. The number of alkyl halides is 3. The van der Waals surface area contributed by atoms with Crippen molar-refractivity contribution in [1.82, 2.24) is 9.97 Å². The largest absolute Gasteiger partial charge is 0.446 e. The first-order valence-corrected chi connectivity index (χ1v) is 5.42. The van der Waals surface area contributed by atoms with Crippen molar-refractivity contribution in [3.05, 3.63) is 30.5 Å². The molecule has 7 heteroatoms. The maximum atomic E-state index is 12.1. The number of nitrogens with two attached hydrogens (primary N) is 1. The molecular weight excluding hydrogens is 251 g/mol. The van der Waals surface area contributed by atoms with Crippen LogP contribution in [0, 0.1) is 0 Å². The number of nitrogen functional groups attached to an aromatic ring is 1. The highest BCUT2D eigenvalue weighted by atomic mass is 32.2. The van der Waals surface area contributed by atoms with Crippen molar-refractivity contribution >= 4 is 17.7 Å². The van der Waals surface area contributed by atoms with Crippen molar-refractivity contribution in [2.45, 2.75) is 10.4 Å². The lowest BCUT2D eigenvalue weighted by Gasteiger charge is -2.05. The summed E-state index contributed by atoms with van der Waals surface area (Å²) < 4.78 is 36.3. The lowest BCUT2D eigenvalue weighted by molar-refractivity contribution is -0.0328. The molecule has 2 aromatic rings. The predicted molar refractivity (Wildman–Crippen MR) is 60.3 cm³/mol. The van der Waals surface area contributed by atoms with Gasteiger partial charge in [-0.05, 0) is 29.5 Å². The molecule has 0 aliphatic rings. The van der Waals surface area contributed by atoms with Gasteiger partial charge < -0.3 is 10.7 Å². The minimum atomic E-state index is -4.26. The Balaban J connectivity index is 2.19. The van der Waals surface area contributed by atoms with Crippen LogP contribution in [0.5, 0.6) is 0 Å². The van der Waals surface area contributed by atoms with Crippen LogP contribution in [0.4, 0.5) is 19.1 Å². The van der Waals surface area contributed by atoms with Crippen LogP contribution in [-0.4, -0.2) is 15.5 Å². The van der Waals surface area contributed by atoms with E-state index in [1.54, 1.807) is 12.1 Å². The van der Waals surface area contributed by atoms with E-state index in [-0.39, 0.29) is 22.6 Å². The smallest absolute Gasteiger partial charge is 0.369 e. The normalized spacial score (nSPS) is 11.7. The molecule has 0 aliphatic carbocycles. The average molecular weight is 259 g/mol. The van der Waals surface area contributed by atoms with E-state index in [0.29, 0.717) is 5.69 Å². The Kier molecular flexibility index (Phi) is 3.01. The van der Waals surface area contributed by atoms with Crippen LogP contribution in [0.1, 0.15) is 0 Å².